The molecule has 1 saturated heterocycles. The fourth-order valence-corrected chi connectivity index (χ4v) is 6.11. The molecule has 2 unspecified atom stereocenters. The Labute approximate surface area is 303 Å². The fraction of sp³-hybridized carbons (Fsp3) is 0.900. The molecular weight excluding hydrogens is 640 g/mol. The summed E-state index contributed by atoms with van der Waals surface area (Å²) in [7, 11) is 0. The largest absolute Gasteiger partial charge is 0.462 e. The summed E-state index contributed by atoms with van der Waals surface area (Å²) in [5.41, 5.74) is 0. The van der Waals surface area contributed by atoms with Gasteiger partial charge in [0.15, 0.2) is 12.4 Å². The lowest BCUT2D eigenvalue weighted by Gasteiger charge is -2.39. The molecule has 0 aromatic carbocycles. The summed E-state index contributed by atoms with van der Waals surface area (Å²) in [6, 6.07) is 0. The van der Waals surface area contributed by atoms with Gasteiger partial charge >= 0.3 is 11.9 Å². The molecule has 1 aliphatic heterocycles. The molecule has 10 nitrogen and oxygen atoms in total. The van der Waals surface area contributed by atoms with Gasteiger partial charge in [-0.25, -0.2) is 0 Å². The van der Waals surface area contributed by atoms with E-state index < -0.39 is 49.4 Å². The van der Waals surface area contributed by atoms with Crippen LogP contribution in [0.25, 0.3) is 0 Å². The molecule has 0 aromatic heterocycles. The summed E-state index contributed by atoms with van der Waals surface area (Å²) in [6.07, 6.45) is 23.7. The minimum Gasteiger partial charge on any atom is -0.462 e. The number of hydrogen-bond acceptors (Lipinski definition) is 10. The van der Waals surface area contributed by atoms with E-state index in [-0.39, 0.29) is 32.0 Å². The molecule has 0 aromatic rings. The zero-order valence-corrected chi connectivity index (χ0v) is 31.7. The van der Waals surface area contributed by atoms with Crippen LogP contribution in [0.2, 0.25) is 0 Å². The minimum atomic E-state index is -1.59. The molecule has 0 spiro atoms. The summed E-state index contributed by atoms with van der Waals surface area (Å²) in [6.45, 7) is 3.37. The van der Waals surface area contributed by atoms with E-state index in [2.05, 4.69) is 26.0 Å². The second-order valence-corrected chi connectivity index (χ2v) is 14.1. The number of carbonyl (C=O) groups is 2. The van der Waals surface area contributed by atoms with Gasteiger partial charge in [0.05, 0.1) is 13.2 Å². The second kappa shape index (κ2) is 32.1. The fourth-order valence-electron chi connectivity index (χ4n) is 6.11. The van der Waals surface area contributed by atoms with E-state index in [9.17, 15) is 30.0 Å². The summed E-state index contributed by atoms with van der Waals surface area (Å²) in [4.78, 5) is 25.2. The zero-order chi connectivity index (χ0) is 36.7. The van der Waals surface area contributed by atoms with Gasteiger partial charge in [0.25, 0.3) is 0 Å². The first-order chi connectivity index (χ1) is 24.3. The smallest absolute Gasteiger partial charge is 0.306 e. The predicted molar refractivity (Wildman–Crippen MR) is 196 cm³/mol. The summed E-state index contributed by atoms with van der Waals surface area (Å²) in [5, 5.41) is 39.9. The lowest BCUT2D eigenvalue weighted by atomic mass is 9.99. The maximum absolute atomic E-state index is 12.7. The number of allylic oxidation sites excluding steroid dienone is 2. The Hall–Kier alpha value is -1.56. The van der Waals surface area contributed by atoms with Crippen molar-refractivity contribution in [2.75, 3.05) is 19.8 Å². The highest BCUT2D eigenvalue weighted by Gasteiger charge is 2.44. The van der Waals surface area contributed by atoms with Crippen LogP contribution in [0, 0.1) is 0 Å². The molecular formula is C40H74O10. The SMILES string of the molecule is CCCC/C=C/CCCCCCCCCCCC(=O)OC[C@@H](CO[C@H]1O[C@@H](CO)[C@@H](O)C(O)C1O)OC(=O)CCCCCCCCCCCC. The Kier molecular flexibility index (Phi) is 29.8. The minimum absolute atomic E-state index is 0.214. The van der Waals surface area contributed by atoms with Crippen LogP contribution in [0.4, 0.5) is 0 Å². The van der Waals surface area contributed by atoms with Crippen molar-refractivity contribution in [2.24, 2.45) is 0 Å². The van der Waals surface area contributed by atoms with E-state index in [1.54, 1.807) is 0 Å². The molecule has 50 heavy (non-hydrogen) atoms. The standard InChI is InChI=1S/C40H74O10/c1-3-5-7-9-11-13-15-16-17-18-19-21-22-24-26-28-35(42)47-31-33(32-48-40-39(46)38(45)37(44)34(30-41)50-40)49-36(43)29-27-25-23-20-14-12-10-8-6-4-2/h9,11,33-34,37-41,44-46H,3-8,10,12-32H2,1-2H3/b11-9+/t33-,34-,37+,38?,39?,40-/m0/s1. The molecule has 1 aliphatic rings. The first-order valence-corrected chi connectivity index (χ1v) is 20.3. The van der Waals surface area contributed by atoms with Gasteiger partial charge in [-0.3, -0.25) is 9.59 Å². The molecule has 1 heterocycles. The summed E-state index contributed by atoms with van der Waals surface area (Å²) >= 11 is 0. The zero-order valence-electron chi connectivity index (χ0n) is 31.7. The topological polar surface area (TPSA) is 152 Å². The number of aliphatic hydroxyl groups excluding tert-OH is 4. The van der Waals surface area contributed by atoms with Gasteiger partial charge in [-0.2, -0.15) is 0 Å². The van der Waals surface area contributed by atoms with Crippen LogP contribution in [0.15, 0.2) is 12.2 Å². The van der Waals surface area contributed by atoms with Gasteiger partial charge < -0.3 is 39.4 Å². The van der Waals surface area contributed by atoms with Gasteiger partial charge in [-0.05, 0) is 32.1 Å². The molecule has 6 atom stereocenters. The highest BCUT2D eigenvalue weighted by molar-refractivity contribution is 5.70. The number of aliphatic hydroxyl groups is 4. The number of carbonyl (C=O) groups excluding carboxylic acids is 2. The lowest BCUT2D eigenvalue weighted by Crippen LogP contribution is -2.59. The number of hydrogen-bond donors (Lipinski definition) is 4. The number of rotatable bonds is 33. The molecule has 10 heteroatoms. The lowest BCUT2D eigenvalue weighted by molar-refractivity contribution is -0.305. The van der Waals surface area contributed by atoms with Crippen molar-refractivity contribution in [1.29, 1.82) is 0 Å². The summed E-state index contributed by atoms with van der Waals surface area (Å²) in [5.74, 6) is -0.806. The average Bonchev–Trinajstić information content (AvgIpc) is 3.11. The number of unbranched alkanes of at least 4 members (excludes halogenated alkanes) is 20. The van der Waals surface area contributed by atoms with Crippen LogP contribution in [0.3, 0.4) is 0 Å². The van der Waals surface area contributed by atoms with Gasteiger partial charge in [-0.1, -0.05) is 142 Å². The Balaban J connectivity index is 2.35. The van der Waals surface area contributed by atoms with Crippen LogP contribution in [-0.4, -0.2) is 89.0 Å². The third-order valence-corrected chi connectivity index (χ3v) is 9.40. The first-order valence-electron chi connectivity index (χ1n) is 20.3. The van der Waals surface area contributed by atoms with Crippen molar-refractivity contribution in [1.82, 2.24) is 0 Å². The van der Waals surface area contributed by atoms with Gasteiger partial charge in [0.1, 0.15) is 31.0 Å². The maximum Gasteiger partial charge on any atom is 0.306 e. The van der Waals surface area contributed by atoms with Crippen molar-refractivity contribution < 1.29 is 49.0 Å². The quantitative estimate of drug-likeness (QED) is 0.0304. The molecule has 1 fully saturated rings. The van der Waals surface area contributed by atoms with Crippen LogP contribution in [-0.2, 0) is 28.5 Å². The van der Waals surface area contributed by atoms with Crippen molar-refractivity contribution in [3.05, 3.63) is 12.2 Å². The van der Waals surface area contributed by atoms with Crippen molar-refractivity contribution in [2.45, 2.75) is 211 Å². The Morgan fingerprint density at radius 2 is 1.08 bits per heavy atom. The van der Waals surface area contributed by atoms with E-state index in [1.807, 2.05) is 0 Å². The second-order valence-electron chi connectivity index (χ2n) is 14.1. The average molecular weight is 715 g/mol. The normalized spacial score (nSPS) is 21.4. The van der Waals surface area contributed by atoms with E-state index >= 15 is 0 Å². The third-order valence-electron chi connectivity index (χ3n) is 9.40. The maximum atomic E-state index is 12.7. The molecule has 0 saturated carbocycles. The third kappa shape index (κ3) is 23.8. The molecule has 0 aliphatic carbocycles. The highest BCUT2D eigenvalue weighted by atomic mass is 16.7. The highest BCUT2D eigenvalue weighted by Crippen LogP contribution is 2.22. The van der Waals surface area contributed by atoms with Crippen LogP contribution in [0.1, 0.15) is 174 Å². The molecule has 0 radical (unpaired) electrons. The molecule has 4 N–H and O–H groups in total. The molecule has 294 valence electrons. The predicted octanol–water partition coefficient (Wildman–Crippen LogP) is 7.61. The van der Waals surface area contributed by atoms with Crippen LogP contribution >= 0.6 is 0 Å². The van der Waals surface area contributed by atoms with E-state index in [0.29, 0.717) is 6.42 Å². The van der Waals surface area contributed by atoms with Gasteiger partial charge in [-0.15, -0.1) is 0 Å². The van der Waals surface area contributed by atoms with E-state index in [1.165, 1.54) is 103 Å². The molecule has 1 rings (SSSR count). The molecule has 0 amide bonds. The van der Waals surface area contributed by atoms with Crippen LogP contribution < -0.4 is 0 Å². The Morgan fingerprint density at radius 3 is 1.62 bits per heavy atom. The molecule has 0 bridgehead atoms. The van der Waals surface area contributed by atoms with Crippen molar-refractivity contribution in [3.8, 4) is 0 Å². The van der Waals surface area contributed by atoms with Crippen molar-refractivity contribution in [3.63, 3.8) is 0 Å². The Morgan fingerprint density at radius 1 is 0.600 bits per heavy atom. The summed E-state index contributed by atoms with van der Waals surface area (Å²) < 4.78 is 22.1. The monoisotopic (exact) mass is 715 g/mol. The number of ether oxygens (including phenoxy) is 4. The van der Waals surface area contributed by atoms with Crippen LogP contribution in [0.5, 0.6) is 0 Å². The Bertz CT molecular complexity index is 835. The van der Waals surface area contributed by atoms with E-state index in [0.717, 1.165) is 38.5 Å². The van der Waals surface area contributed by atoms with Gasteiger partial charge in [0.2, 0.25) is 0 Å². The van der Waals surface area contributed by atoms with Gasteiger partial charge in [0, 0.05) is 12.8 Å². The van der Waals surface area contributed by atoms with E-state index in [4.69, 9.17) is 18.9 Å². The van der Waals surface area contributed by atoms with Crippen molar-refractivity contribution >= 4 is 11.9 Å². The number of esters is 2. The first kappa shape index (κ1) is 46.5.